The Labute approximate surface area is 78.4 Å². The third kappa shape index (κ3) is 2.02. The van der Waals surface area contributed by atoms with E-state index in [4.69, 9.17) is 9.47 Å². The van der Waals surface area contributed by atoms with Crippen LogP contribution in [0.25, 0.3) is 0 Å². The number of hydrogen-bond donors (Lipinski definition) is 0. The lowest BCUT2D eigenvalue weighted by molar-refractivity contribution is -0.143. The van der Waals surface area contributed by atoms with Crippen LogP contribution in [0.5, 0.6) is 0 Å². The molecule has 0 aromatic carbocycles. The first kappa shape index (κ1) is 9.00. The lowest BCUT2D eigenvalue weighted by Crippen LogP contribution is -2.29. The highest BCUT2D eigenvalue weighted by Gasteiger charge is 2.36. The number of esters is 1. The predicted molar refractivity (Wildman–Crippen MR) is 47.3 cm³/mol. The highest BCUT2D eigenvalue weighted by Crippen LogP contribution is 2.33. The lowest BCUT2D eigenvalue weighted by Gasteiger charge is -2.25. The van der Waals surface area contributed by atoms with E-state index in [-0.39, 0.29) is 17.7 Å². The lowest BCUT2D eigenvalue weighted by atomic mass is 9.94. The van der Waals surface area contributed by atoms with Crippen molar-refractivity contribution in [3.05, 3.63) is 0 Å². The minimum absolute atomic E-state index is 0.0325. The Morgan fingerprint density at radius 3 is 3.00 bits per heavy atom. The van der Waals surface area contributed by atoms with Crippen molar-refractivity contribution in [2.24, 2.45) is 0 Å². The minimum atomic E-state index is -0.0494. The van der Waals surface area contributed by atoms with Crippen LogP contribution in [-0.2, 0) is 14.3 Å². The standard InChI is InChI=1S/C10H16O3/c1-10(5-2-6-12-10)7-8-3-4-9(11)13-8/h8H,2-7H2,1H3. The van der Waals surface area contributed by atoms with Gasteiger partial charge in [-0.2, -0.15) is 0 Å². The largest absolute Gasteiger partial charge is 0.462 e. The zero-order chi connectivity index (χ0) is 9.31. The van der Waals surface area contributed by atoms with Gasteiger partial charge in [0.25, 0.3) is 0 Å². The van der Waals surface area contributed by atoms with E-state index in [2.05, 4.69) is 6.92 Å². The summed E-state index contributed by atoms with van der Waals surface area (Å²) < 4.78 is 10.8. The predicted octanol–water partition coefficient (Wildman–Crippen LogP) is 1.65. The molecule has 0 saturated carbocycles. The summed E-state index contributed by atoms with van der Waals surface area (Å²) in [6, 6.07) is 0. The van der Waals surface area contributed by atoms with Gasteiger partial charge in [0.2, 0.25) is 0 Å². The van der Waals surface area contributed by atoms with Crippen LogP contribution in [0.3, 0.4) is 0 Å². The molecule has 2 rings (SSSR count). The van der Waals surface area contributed by atoms with Gasteiger partial charge in [-0.3, -0.25) is 4.79 Å². The van der Waals surface area contributed by atoms with Crippen LogP contribution in [0, 0.1) is 0 Å². The number of rotatable bonds is 2. The fraction of sp³-hybridized carbons (Fsp3) is 0.900. The molecular formula is C10H16O3. The fourth-order valence-corrected chi connectivity index (χ4v) is 2.21. The van der Waals surface area contributed by atoms with Crippen molar-refractivity contribution in [1.82, 2.24) is 0 Å². The van der Waals surface area contributed by atoms with Crippen molar-refractivity contribution in [3.8, 4) is 0 Å². The van der Waals surface area contributed by atoms with E-state index in [1.54, 1.807) is 0 Å². The van der Waals surface area contributed by atoms with Crippen molar-refractivity contribution < 1.29 is 14.3 Å². The van der Waals surface area contributed by atoms with Gasteiger partial charge in [-0.15, -0.1) is 0 Å². The highest BCUT2D eigenvalue weighted by atomic mass is 16.6. The fourth-order valence-electron chi connectivity index (χ4n) is 2.21. The van der Waals surface area contributed by atoms with Crippen LogP contribution < -0.4 is 0 Å². The zero-order valence-corrected chi connectivity index (χ0v) is 8.04. The minimum Gasteiger partial charge on any atom is -0.462 e. The number of ether oxygens (including phenoxy) is 2. The molecule has 0 radical (unpaired) electrons. The van der Waals surface area contributed by atoms with E-state index in [1.807, 2.05) is 0 Å². The molecule has 2 aliphatic rings. The summed E-state index contributed by atoms with van der Waals surface area (Å²) in [6.07, 6.45) is 4.67. The number of carbonyl (C=O) groups is 1. The third-order valence-corrected chi connectivity index (χ3v) is 2.93. The smallest absolute Gasteiger partial charge is 0.306 e. The third-order valence-electron chi connectivity index (χ3n) is 2.93. The average molecular weight is 184 g/mol. The van der Waals surface area contributed by atoms with E-state index in [1.165, 1.54) is 0 Å². The molecule has 0 aromatic rings. The summed E-state index contributed by atoms with van der Waals surface area (Å²) >= 11 is 0. The van der Waals surface area contributed by atoms with Gasteiger partial charge in [0, 0.05) is 19.4 Å². The van der Waals surface area contributed by atoms with Crippen LogP contribution in [-0.4, -0.2) is 24.3 Å². The Bertz CT molecular complexity index is 206. The molecule has 3 heteroatoms. The SMILES string of the molecule is CC1(CC2CCC(=O)O2)CCCO1. The molecule has 0 spiro atoms. The van der Waals surface area contributed by atoms with Gasteiger partial charge >= 0.3 is 5.97 Å². The van der Waals surface area contributed by atoms with E-state index in [0.717, 1.165) is 32.3 Å². The Morgan fingerprint density at radius 2 is 2.46 bits per heavy atom. The molecule has 2 aliphatic heterocycles. The molecule has 3 nitrogen and oxygen atoms in total. The van der Waals surface area contributed by atoms with Gasteiger partial charge in [-0.05, 0) is 26.2 Å². The van der Waals surface area contributed by atoms with Gasteiger partial charge in [0.05, 0.1) is 5.60 Å². The maximum atomic E-state index is 10.9. The van der Waals surface area contributed by atoms with E-state index in [9.17, 15) is 4.79 Å². The van der Waals surface area contributed by atoms with Crippen molar-refractivity contribution >= 4 is 5.97 Å². The van der Waals surface area contributed by atoms with Crippen LogP contribution in [0.15, 0.2) is 0 Å². The number of cyclic esters (lactones) is 1. The van der Waals surface area contributed by atoms with Gasteiger partial charge < -0.3 is 9.47 Å². The first-order valence-electron chi connectivity index (χ1n) is 5.01. The summed E-state index contributed by atoms with van der Waals surface area (Å²) in [5, 5.41) is 0. The monoisotopic (exact) mass is 184 g/mol. The molecule has 2 fully saturated rings. The van der Waals surface area contributed by atoms with Gasteiger partial charge in [-0.1, -0.05) is 0 Å². The van der Waals surface area contributed by atoms with Crippen molar-refractivity contribution in [1.29, 1.82) is 0 Å². The second-order valence-corrected chi connectivity index (χ2v) is 4.26. The summed E-state index contributed by atoms with van der Waals surface area (Å²) in [5.74, 6) is -0.0494. The molecule has 0 amide bonds. The Morgan fingerprint density at radius 1 is 1.62 bits per heavy atom. The molecule has 0 bridgehead atoms. The normalized spacial score (nSPS) is 39.5. The van der Waals surface area contributed by atoms with Crippen LogP contribution in [0.2, 0.25) is 0 Å². The molecule has 2 saturated heterocycles. The first-order valence-corrected chi connectivity index (χ1v) is 5.01. The van der Waals surface area contributed by atoms with Crippen molar-refractivity contribution in [3.63, 3.8) is 0 Å². The number of carbonyl (C=O) groups excluding carboxylic acids is 1. The molecule has 0 aliphatic carbocycles. The second kappa shape index (κ2) is 3.29. The molecule has 2 unspecified atom stereocenters. The van der Waals surface area contributed by atoms with E-state index in [0.29, 0.717) is 6.42 Å². The Hall–Kier alpha value is -0.570. The maximum absolute atomic E-state index is 10.9. The molecule has 13 heavy (non-hydrogen) atoms. The Kier molecular flexibility index (Phi) is 2.28. The molecule has 2 atom stereocenters. The zero-order valence-electron chi connectivity index (χ0n) is 8.04. The second-order valence-electron chi connectivity index (χ2n) is 4.26. The van der Waals surface area contributed by atoms with E-state index >= 15 is 0 Å². The van der Waals surface area contributed by atoms with Crippen molar-refractivity contribution in [2.45, 2.75) is 50.7 Å². The van der Waals surface area contributed by atoms with Crippen LogP contribution in [0.1, 0.15) is 39.0 Å². The summed E-state index contributed by atoms with van der Waals surface area (Å²) in [4.78, 5) is 10.9. The van der Waals surface area contributed by atoms with Crippen LogP contribution >= 0.6 is 0 Å². The van der Waals surface area contributed by atoms with Crippen LogP contribution in [0.4, 0.5) is 0 Å². The summed E-state index contributed by atoms with van der Waals surface area (Å²) in [6.45, 7) is 2.98. The van der Waals surface area contributed by atoms with Gasteiger partial charge in [0.15, 0.2) is 0 Å². The summed E-state index contributed by atoms with van der Waals surface area (Å²) in [5.41, 5.74) is -0.0325. The summed E-state index contributed by atoms with van der Waals surface area (Å²) in [7, 11) is 0. The maximum Gasteiger partial charge on any atom is 0.306 e. The molecule has 2 heterocycles. The van der Waals surface area contributed by atoms with Crippen molar-refractivity contribution in [2.75, 3.05) is 6.61 Å². The first-order chi connectivity index (χ1) is 6.18. The molecule has 74 valence electrons. The average Bonchev–Trinajstić information content (AvgIpc) is 2.62. The highest BCUT2D eigenvalue weighted by molar-refractivity contribution is 5.71. The Balaban J connectivity index is 1.86. The van der Waals surface area contributed by atoms with Gasteiger partial charge in [-0.25, -0.2) is 0 Å². The topological polar surface area (TPSA) is 35.5 Å². The quantitative estimate of drug-likeness (QED) is 0.612. The molecular weight excluding hydrogens is 168 g/mol. The molecule has 0 aromatic heterocycles. The number of hydrogen-bond acceptors (Lipinski definition) is 3. The van der Waals surface area contributed by atoms with Gasteiger partial charge in [0.1, 0.15) is 6.10 Å². The van der Waals surface area contributed by atoms with E-state index < -0.39 is 0 Å². The molecule has 0 N–H and O–H groups in total.